The van der Waals surface area contributed by atoms with Gasteiger partial charge in [0.2, 0.25) is 0 Å². The van der Waals surface area contributed by atoms with Gasteiger partial charge in [-0.25, -0.2) is 9.59 Å². The normalized spacial score (nSPS) is 24.5. The Balaban J connectivity index is 1.68. The molecule has 0 aliphatic carbocycles. The predicted octanol–water partition coefficient (Wildman–Crippen LogP) is 4.75. The molecule has 1 aromatic rings. The molecule has 154 valence electrons. The summed E-state index contributed by atoms with van der Waals surface area (Å²) in [4.78, 5) is 28.7. The van der Waals surface area contributed by atoms with Crippen molar-refractivity contribution in [2.24, 2.45) is 0 Å². The molecule has 0 bridgehead atoms. The van der Waals surface area contributed by atoms with E-state index in [0.29, 0.717) is 26.1 Å². The van der Waals surface area contributed by atoms with E-state index in [1.165, 1.54) is 0 Å². The number of benzene rings is 1. The highest BCUT2D eigenvalue weighted by atomic mass is 16.6. The molecule has 2 aliphatic rings. The van der Waals surface area contributed by atoms with Crippen LogP contribution < -0.4 is 0 Å². The minimum Gasteiger partial charge on any atom is -0.444 e. The van der Waals surface area contributed by atoms with Crippen LogP contribution in [0.15, 0.2) is 30.3 Å². The van der Waals surface area contributed by atoms with Gasteiger partial charge in [-0.1, -0.05) is 30.3 Å². The summed E-state index contributed by atoms with van der Waals surface area (Å²) in [7, 11) is 0. The van der Waals surface area contributed by atoms with Crippen molar-refractivity contribution in [3.63, 3.8) is 0 Å². The molecule has 6 nitrogen and oxygen atoms in total. The van der Waals surface area contributed by atoms with Gasteiger partial charge in [0.05, 0.1) is 12.6 Å². The lowest BCUT2D eigenvalue weighted by molar-refractivity contribution is 0.00303. The average Bonchev–Trinajstić information content (AvgIpc) is 2.95. The lowest BCUT2D eigenvalue weighted by atomic mass is 9.90. The lowest BCUT2D eigenvalue weighted by Crippen LogP contribution is -2.44. The first-order valence-corrected chi connectivity index (χ1v) is 10.2. The van der Waals surface area contributed by atoms with Crippen LogP contribution in [0.2, 0.25) is 0 Å². The molecule has 6 heteroatoms. The average molecular weight is 389 g/mol. The number of carbonyl (C=O) groups is 2. The van der Waals surface area contributed by atoms with Crippen molar-refractivity contribution >= 4 is 12.2 Å². The number of hydrogen-bond acceptors (Lipinski definition) is 4. The standard InChI is InChI=1S/C22H32N2O4/c1-17(18-10-6-5-7-11-18)24-16-22(28-20(24)26)12-8-9-14-23(15-13-22)19(25)27-21(2,3)4/h5-7,10-11,17H,8-9,12-16H2,1-4H3/t17-,22?/m1/s1. The maximum atomic E-state index is 12.7. The highest BCUT2D eigenvalue weighted by Gasteiger charge is 2.47. The Labute approximate surface area is 167 Å². The van der Waals surface area contributed by atoms with Crippen molar-refractivity contribution in [2.45, 2.75) is 70.6 Å². The fourth-order valence-electron chi connectivity index (χ4n) is 3.95. The molecule has 0 N–H and O–H groups in total. The molecule has 28 heavy (non-hydrogen) atoms. The summed E-state index contributed by atoms with van der Waals surface area (Å²) in [6.45, 7) is 9.43. The molecule has 1 unspecified atom stereocenters. The van der Waals surface area contributed by atoms with Crippen LogP contribution in [0.1, 0.15) is 65.0 Å². The van der Waals surface area contributed by atoms with Crippen molar-refractivity contribution in [1.82, 2.24) is 9.80 Å². The Morgan fingerprint density at radius 3 is 2.54 bits per heavy atom. The van der Waals surface area contributed by atoms with E-state index in [4.69, 9.17) is 9.47 Å². The summed E-state index contributed by atoms with van der Waals surface area (Å²) >= 11 is 0. The van der Waals surface area contributed by atoms with Gasteiger partial charge >= 0.3 is 12.2 Å². The van der Waals surface area contributed by atoms with Crippen molar-refractivity contribution in [1.29, 1.82) is 0 Å². The molecule has 2 fully saturated rings. The molecule has 2 saturated heterocycles. The van der Waals surface area contributed by atoms with E-state index in [0.717, 1.165) is 24.8 Å². The van der Waals surface area contributed by atoms with E-state index < -0.39 is 11.2 Å². The number of likely N-dealkylation sites (tertiary alicyclic amines) is 1. The summed E-state index contributed by atoms with van der Waals surface area (Å²) in [5.74, 6) is 0. The Hall–Kier alpha value is -2.24. The van der Waals surface area contributed by atoms with Crippen molar-refractivity contribution in [3.05, 3.63) is 35.9 Å². The first-order valence-electron chi connectivity index (χ1n) is 10.2. The zero-order chi connectivity index (χ0) is 20.4. The predicted molar refractivity (Wildman–Crippen MR) is 107 cm³/mol. The van der Waals surface area contributed by atoms with Gasteiger partial charge in [-0.2, -0.15) is 0 Å². The zero-order valence-corrected chi connectivity index (χ0v) is 17.4. The summed E-state index contributed by atoms with van der Waals surface area (Å²) in [6.07, 6.45) is 2.71. The molecule has 1 spiro atoms. The molecular formula is C22H32N2O4. The molecule has 2 atom stereocenters. The molecule has 3 rings (SSSR count). The summed E-state index contributed by atoms with van der Waals surface area (Å²) in [5.41, 5.74) is 0.0531. The molecule has 0 radical (unpaired) electrons. The molecule has 0 saturated carbocycles. The Morgan fingerprint density at radius 2 is 1.86 bits per heavy atom. The highest BCUT2D eigenvalue weighted by molar-refractivity contribution is 5.71. The van der Waals surface area contributed by atoms with Crippen LogP contribution in [-0.4, -0.2) is 52.8 Å². The minimum absolute atomic E-state index is 0.0412. The lowest BCUT2D eigenvalue weighted by Gasteiger charge is -2.34. The van der Waals surface area contributed by atoms with Gasteiger partial charge < -0.3 is 14.4 Å². The van der Waals surface area contributed by atoms with Crippen LogP contribution in [0.3, 0.4) is 0 Å². The van der Waals surface area contributed by atoms with E-state index in [2.05, 4.69) is 0 Å². The molecule has 0 aromatic heterocycles. The van der Waals surface area contributed by atoms with Crippen LogP contribution in [0.25, 0.3) is 0 Å². The minimum atomic E-state index is -0.527. The summed E-state index contributed by atoms with van der Waals surface area (Å²) < 4.78 is 11.4. The SMILES string of the molecule is C[C@H](c1ccccc1)N1CC2(CCCCN(C(=O)OC(C)(C)C)CC2)OC1=O. The Kier molecular flexibility index (Phi) is 5.87. The van der Waals surface area contributed by atoms with Crippen LogP contribution in [0, 0.1) is 0 Å². The number of amides is 2. The molecule has 2 amide bonds. The molecule has 1 aromatic carbocycles. The largest absolute Gasteiger partial charge is 0.444 e. The van der Waals surface area contributed by atoms with E-state index in [9.17, 15) is 9.59 Å². The number of ether oxygens (including phenoxy) is 2. The molecule has 2 aliphatic heterocycles. The van der Waals surface area contributed by atoms with E-state index >= 15 is 0 Å². The smallest absolute Gasteiger partial charge is 0.411 e. The number of nitrogens with zero attached hydrogens (tertiary/aromatic N) is 2. The third-order valence-electron chi connectivity index (χ3n) is 5.55. The molecular weight excluding hydrogens is 356 g/mol. The van der Waals surface area contributed by atoms with Crippen LogP contribution in [0.5, 0.6) is 0 Å². The topological polar surface area (TPSA) is 59.1 Å². The maximum absolute atomic E-state index is 12.7. The number of carbonyl (C=O) groups excluding carboxylic acids is 2. The first kappa shape index (κ1) is 20.5. The zero-order valence-electron chi connectivity index (χ0n) is 17.4. The number of rotatable bonds is 2. The van der Waals surface area contributed by atoms with Crippen molar-refractivity contribution in [3.8, 4) is 0 Å². The van der Waals surface area contributed by atoms with Crippen LogP contribution >= 0.6 is 0 Å². The fraction of sp³-hybridized carbons (Fsp3) is 0.636. The first-order chi connectivity index (χ1) is 13.2. The quantitative estimate of drug-likeness (QED) is 0.734. The second-order valence-corrected chi connectivity index (χ2v) is 8.94. The van der Waals surface area contributed by atoms with Crippen LogP contribution in [-0.2, 0) is 9.47 Å². The van der Waals surface area contributed by atoms with Crippen molar-refractivity contribution in [2.75, 3.05) is 19.6 Å². The maximum Gasteiger partial charge on any atom is 0.411 e. The molecule has 2 heterocycles. The van der Waals surface area contributed by atoms with Crippen LogP contribution in [0.4, 0.5) is 9.59 Å². The monoisotopic (exact) mass is 388 g/mol. The van der Waals surface area contributed by atoms with Gasteiger partial charge in [0.15, 0.2) is 0 Å². The Morgan fingerprint density at radius 1 is 1.14 bits per heavy atom. The van der Waals surface area contributed by atoms with Gasteiger partial charge in [0.1, 0.15) is 11.2 Å². The van der Waals surface area contributed by atoms with Gasteiger partial charge in [0, 0.05) is 19.5 Å². The van der Waals surface area contributed by atoms with Gasteiger partial charge in [-0.05, 0) is 52.5 Å². The van der Waals surface area contributed by atoms with E-state index in [1.54, 1.807) is 4.90 Å². The number of hydrogen-bond donors (Lipinski definition) is 0. The third kappa shape index (κ3) is 4.78. The second-order valence-electron chi connectivity index (χ2n) is 8.94. The van der Waals surface area contributed by atoms with E-state index in [1.807, 2.05) is 62.9 Å². The fourth-order valence-corrected chi connectivity index (χ4v) is 3.95. The highest BCUT2D eigenvalue weighted by Crippen LogP contribution is 2.37. The third-order valence-corrected chi connectivity index (χ3v) is 5.55. The Bertz CT molecular complexity index is 700. The van der Waals surface area contributed by atoms with Gasteiger partial charge in [0.25, 0.3) is 0 Å². The van der Waals surface area contributed by atoms with Crippen molar-refractivity contribution < 1.29 is 19.1 Å². The van der Waals surface area contributed by atoms with E-state index in [-0.39, 0.29) is 18.2 Å². The van der Waals surface area contributed by atoms with Gasteiger partial charge in [-0.15, -0.1) is 0 Å². The van der Waals surface area contributed by atoms with Gasteiger partial charge in [-0.3, -0.25) is 4.90 Å². The second kappa shape index (κ2) is 8.02. The summed E-state index contributed by atoms with van der Waals surface area (Å²) in [5, 5.41) is 0. The summed E-state index contributed by atoms with van der Waals surface area (Å²) in [6, 6.07) is 9.96.